The van der Waals surface area contributed by atoms with Gasteiger partial charge in [0.2, 0.25) is 5.95 Å². The van der Waals surface area contributed by atoms with E-state index in [1.54, 1.807) is 30.5 Å². The first-order valence-corrected chi connectivity index (χ1v) is 6.23. The number of nitrogens with one attached hydrogen (secondary N) is 2. The summed E-state index contributed by atoms with van der Waals surface area (Å²) >= 11 is 0. The number of hydrogen-bond acceptors (Lipinski definition) is 3. The highest BCUT2D eigenvalue weighted by Gasteiger charge is 2.08. The molecule has 2 heterocycles. The first-order chi connectivity index (χ1) is 9.63. The lowest BCUT2D eigenvalue weighted by atomic mass is 10.1. The smallest absolute Gasteiger partial charge is 0.333 e. The zero-order chi connectivity index (χ0) is 14.1. The van der Waals surface area contributed by atoms with Crippen LogP contribution in [0, 0.1) is 5.82 Å². The van der Waals surface area contributed by atoms with Crippen LogP contribution < -0.4 is 11.0 Å². The highest BCUT2D eigenvalue weighted by molar-refractivity contribution is 5.43. The van der Waals surface area contributed by atoms with E-state index in [-0.39, 0.29) is 17.5 Å². The minimum absolute atomic E-state index is 0.101. The quantitative estimate of drug-likeness (QED) is 0.769. The van der Waals surface area contributed by atoms with Gasteiger partial charge in [-0.15, -0.1) is 0 Å². The Morgan fingerprint density at radius 1 is 1.30 bits per heavy atom. The summed E-state index contributed by atoms with van der Waals surface area (Å²) in [6, 6.07) is 9.60. The molecule has 1 atom stereocenters. The van der Waals surface area contributed by atoms with E-state index in [0.717, 1.165) is 5.56 Å². The topological polar surface area (TPSA) is 62.2 Å². The molecule has 0 amide bonds. The van der Waals surface area contributed by atoms with Gasteiger partial charge < -0.3 is 5.32 Å². The van der Waals surface area contributed by atoms with Crippen molar-refractivity contribution in [3.63, 3.8) is 0 Å². The van der Waals surface area contributed by atoms with Gasteiger partial charge in [-0.05, 0) is 36.8 Å². The summed E-state index contributed by atoms with van der Waals surface area (Å²) in [4.78, 5) is 18.8. The number of fused-ring (bicyclic) bond motifs is 1. The van der Waals surface area contributed by atoms with Crippen LogP contribution >= 0.6 is 0 Å². The number of nitrogens with zero attached hydrogens (tertiary/aromatic N) is 2. The van der Waals surface area contributed by atoms with E-state index in [1.165, 1.54) is 16.5 Å². The third-order valence-corrected chi connectivity index (χ3v) is 3.12. The molecule has 0 saturated heterocycles. The molecular formula is C14H13FN4O. The average Bonchev–Trinajstić information content (AvgIpc) is 2.88. The summed E-state index contributed by atoms with van der Waals surface area (Å²) in [7, 11) is 0. The van der Waals surface area contributed by atoms with Gasteiger partial charge in [-0.25, -0.2) is 9.18 Å². The Bertz CT molecular complexity index is 791. The van der Waals surface area contributed by atoms with Crippen molar-refractivity contribution in [1.82, 2.24) is 14.4 Å². The molecule has 0 aliphatic rings. The molecule has 2 aromatic heterocycles. The summed E-state index contributed by atoms with van der Waals surface area (Å²) in [5, 5.41) is 3.10. The second-order valence-electron chi connectivity index (χ2n) is 4.54. The fraction of sp³-hybridized carbons (Fsp3) is 0.143. The lowest BCUT2D eigenvalue weighted by molar-refractivity contribution is 0.626. The molecule has 1 aromatic carbocycles. The van der Waals surface area contributed by atoms with Crippen LogP contribution in [0.25, 0.3) is 5.65 Å². The van der Waals surface area contributed by atoms with Crippen LogP contribution in [-0.4, -0.2) is 14.4 Å². The van der Waals surface area contributed by atoms with Gasteiger partial charge in [0.05, 0.1) is 6.04 Å². The van der Waals surface area contributed by atoms with Crippen LogP contribution in [0.15, 0.2) is 47.4 Å². The third-order valence-electron chi connectivity index (χ3n) is 3.12. The van der Waals surface area contributed by atoms with Crippen LogP contribution in [0.3, 0.4) is 0 Å². The monoisotopic (exact) mass is 272 g/mol. The van der Waals surface area contributed by atoms with Crippen LogP contribution in [-0.2, 0) is 0 Å². The number of halogens is 1. The standard InChI is InChI=1S/C14H13FN4O/c1-9(10-4-6-11(15)7-5-10)16-13-17-12-3-2-8-19(12)14(20)18-13/h2-9H,1H3,(H2,16,17,18,20). The zero-order valence-corrected chi connectivity index (χ0v) is 10.8. The summed E-state index contributed by atoms with van der Waals surface area (Å²) in [6.45, 7) is 1.91. The maximum atomic E-state index is 12.9. The number of benzene rings is 1. The molecule has 20 heavy (non-hydrogen) atoms. The van der Waals surface area contributed by atoms with Gasteiger partial charge in [0.15, 0.2) is 0 Å². The van der Waals surface area contributed by atoms with Crippen molar-refractivity contribution >= 4 is 11.6 Å². The van der Waals surface area contributed by atoms with Crippen LogP contribution in [0.4, 0.5) is 10.3 Å². The van der Waals surface area contributed by atoms with Gasteiger partial charge >= 0.3 is 5.69 Å². The third kappa shape index (κ3) is 2.27. The van der Waals surface area contributed by atoms with Gasteiger partial charge in [0.1, 0.15) is 11.5 Å². The van der Waals surface area contributed by atoms with Crippen molar-refractivity contribution in [2.45, 2.75) is 13.0 Å². The molecule has 5 nitrogen and oxygen atoms in total. The number of aromatic nitrogens is 3. The Morgan fingerprint density at radius 3 is 2.80 bits per heavy atom. The van der Waals surface area contributed by atoms with E-state index in [0.29, 0.717) is 11.6 Å². The van der Waals surface area contributed by atoms with E-state index in [4.69, 9.17) is 0 Å². The van der Waals surface area contributed by atoms with E-state index in [9.17, 15) is 9.18 Å². The Hall–Kier alpha value is -2.63. The highest BCUT2D eigenvalue weighted by atomic mass is 19.1. The lowest BCUT2D eigenvalue weighted by Crippen LogP contribution is -2.20. The van der Waals surface area contributed by atoms with Crippen molar-refractivity contribution in [1.29, 1.82) is 0 Å². The van der Waals surface area contributed by atoms with Crippen molar-refractivity contribution < 1.29 is 4.39 Å². The van der Waals surface area contributed by atoms with Gasteiger partial charge in [-0.3, -0.25) is 9.38 Å². The number of rotatable bonds is 3. The molecule has 0 saturated carbocycles. The van der Waals surface area contributed by atoms with E-state index in [1.807, 2.05) is 6.92 Å². The molecule has 0 bridgehead atoms. The lowest BCUT2D eigenvalue weighted by Gasteiger charge is -2.14. The SMILES string of the molecule is CC(Nc1nc2cccn2c(=O)[nH]1)c1ccc(F)cc1. The van der Waals surface area contributed by atoms with Crippen molar-refractivity contribution in [3.8, 4) is 0 Å². The van der Waals surface area contributed by atoms with E-state index in [2.05, 4.69) is 15.3 Å². The maximum Gasteiger partial charge on any atom is 0.333 e. The maximum absolute atomic E-state index is 12.9. The molecule has 3 rings (SSSR count). The van der Waals surface area contributed by atoms with Crippen LogP contribution in [0.5, 0.6) is 0 Å². The number of anilines is 1. The predicted octanol–water partition coefficient (Wildman–Crippen LogP) is 2.33. The Labute approximate surface area is 114 Å². The molecule has 3 aromatic rings. The molecular weight excluding hydrogens is 259 g/mol. The molecule has 0 aliphatic carbocycles. The number of hydrogen-bond donors (Lipinski definition) is 2. The highest BCUT2D eigenvalue weighted by Crippen LogP contribution is 2.16. The first-order valence-electron chi connectivity index (χ1n) is 6.23. The minimum atomic E-state index is -0.276. The molecule has 0 radical (unpaired) electrons. The second-order valence-corrected chi connectivity index (χ2v) is 4.54. The fourth-order valence-electron chi connectivity index (χ4n) is 2.05. The van der Waals surface area contributed by atoms with Crippen molar-refractivity contribution in [2.75, 3.05) is 5.32 Å². The zero-order valence-electron chi connectivity index (χ0n) is 10.8. The molecule has 0 aliphatic heterocycles. The Kier molecular flexibility index (Phi) is 2.98. The number of aromatic amines is 1. The largest absolute Gasteiger partial charge is 0.349 e. The molecule has 0 fully saturated rings. The van der Waals surface area contributed by atoms with E-state index < -0.39 is 0 Å². The van der Waals surface area contributed by atoms with Gasteiger partial charge in [0, 0.05) is 6.20 Å². The van der Waals surface area contributed by atoms with Crippen molar-refractivity contribution in [3.05, 3.63) is 64.5 Å². The molecule has 1 unspecified atom stereocenters. The first kappa shape index (κ1) is 12.4. The van der Waals surface area contributed by atoms with Gasteiger partial charge in [0.25, 0.3) is 0 Å². The average molecular weight is 272 g/mol. The molecule has 102 valence electrons. The molecule has 0 spiro atoms. The van der Waals surface area contributed by atoms with Crippen LogP contribution in [0.1, 0.15) is 18.5 Å². The summed E-state index contributed by atoms with van der Waals surface area (Å²) in [5.41, 5.74) is 1.22. The summed E-state index contributed by atoms with van der Waals surface area (Å²) in [6.07, 6.45) is 1.65. The minimum Gasteiger partial charge on any atom is -0.349 e. The Morgan fingerprint density at radius 2 is 2.05 bits per heavy atom. The summed E-state index contributed by atoms with van der Waals surface area (Å²) < 4.78 is 14.3. The predicted molar refractivity (Wildman–Crippen MR) is 74.3 cm³/mol. The number of H-pyrrole nitrogens is 1. The van der Waals surface area contributed by atoms with Gasteiger partial charge in [-0.1, -0.05) is 12.1 Å². The normalized spacial score (nSPS) is 12.5. The Balaban J connectivity index is 1.88. The second kappa shape index (κ2) is 4.80. The van der Waals surface area contributed by atoms with Gasteiger partial charge in [-0.2, -0.15) is 4.98 Å². The molecule has 6 heteroatoms. The van der Waals surface area contributed by atoms with E-state index >= 15 is 0 Å². The van der Waals surface area contributed by atoms with Crippen molar-refractivity contribution in [2.24, 2.45) is 0 Å². The molecule has 2 N–H and O–H groups in total. The fourth-order valence-corrected chi connectivity index (χ4v) is 2.05. The van der Waals surface area contributed by atoms with Crippen LogP contribution in [0.2, 0.25) is 0 Å². The summed E-state index contributed by atoms with van der Waals surface area (Å²) in [5.74, 6) is 0.111.